The van der Waals surface area contributed by atoms with Gasteiger partial charge in [0.15, 0.2) is 0 Å². The quantitative estimate of drug-likeness (QED) is 0.772. The predicted molar refractivity (Wildman–Crippen MR) is 115 cm³/mol. The van der Waals surface area contributed by atoms with Gasteiger partial charge in [-0.3, -0.25) is 4.90 Å². The maximum Gasteiger partial charge on any atom is 0.0900 e. The highest BCUT2D eigenvalue weighted by molar-refractivity contribution is 6.30. The monoisotopic (exact) mass is 406 g/mol. The molecule has 1 aliphatic heterocycles. The van der Waals surface area contributed by atoms with Crippen LogP contribution in [0.3, 0.4) is 0 Å². The molecule has 2 bridgehead atoms. The second-order valence-corrected chi connectivity index (χ2v) is 10.3. The Bertz CT molecular complexity index is 689. The van der Waals surface area contributed by atoms with Gasteiger partial charge in [0.05, 0.1) is 18.8 Å². The smallest absolute Gasteiger partial charge is 0.0900 e. The summed E-state index contributed by atoms with van der Waals surface area (Å²) in [5.41, 5.74) is 1.81. The molecular formula is C23H35ClN2O2. The maximum absolute atomic E-state index is 10.6. The number of aliphatic hydroxyl groups excluding tert-OH is 1. The van der Waals surface area contributed by atoms with Crippen LogP contribution in [0, 0.1) is 16.7 Å². The number of hydrogen-bond acceptors (Lipinski definition) is 4. The Morgan fingerprint density at radius 2 is 1.96 bits per heavy atom. The topological polar surface area (TPSA) is 35.9 Å². The van der Waals surface area contributed by atoms with Crippen molar-refractivity contribution in [3.05, 3.63) is 29.3 Å². The minimum absolute atomic E-state index is 0.264. The van der Waals surface area contributed by atoms with Gasteiger partial charge >= 0.3 is 0 Å². The molecule has 0 amide bonds. The van der Waals surface area contributed by atoms with E-state index in [4.69, 9.17) is 16.3 Å². The molecular weight excluding hydrogens is 372 g/mol. The summed E-state index contributed by atoms with van der Waals surface area (Å²) in [4.78, 5) is 4.71. The van der Waals surface area contributed by atoms with Crippen molar-refractivity contribution >= 4 is 17.3 Å². The average molecular weight is 407 g/mol. The molecule has 4 atom stereocenters. The number of nitrogens with zero attached hydrogens (tertiary/aromatic N) is 2. The second-order valence-electron chi connectivity index (χ2n) is 9.85. The number of β-amino-alcohol motifs (C(OH)–C–C–N with tert-alkyl or cyclic N) is 1. The first-order valence-electron chi connectivity index (χ1n) is 10.8. The summed E-state index contributed by atoms with van der Waals surface area (Å²) in [7, 11) is 0. The summed E-state index contributed by atoms with van der Waals surface area (Å²) >= 11 is 6.12. The Labute approximate surface area is 174 Å². The molecule has 4 rings (SSSR count). The summed E-state index contributed by atoms with van der Waals surface area (Å²) in [5.74, 6) is 0.777. The fourth-order valence-electron chi connectivity index (χ4n) is 5.82. The van der Waals surface area contributed by atoms with Crippen molar-refractivity contribution in [2.75, 3.05) is 44.2 Å². The summed E-state index contributed by atoms with van der Waals surface area (Å²) in [5, 5.41) is 11.3. The zero-order valence-corrected chi connectivity index (χ0v) is 18.3. The van der Waals surface area contributed by atoms with Crippen molar-refractivity contribution in [2.24, 2.45) is 16.7 Å². The van der Waals surface area contributed by atoms with Crippen LogP contribution < -0.4 is 4.90 Å². The third-order valence-electron chi connectivity index (χ3n) is 8.22. The molecule has 1 N–H and O–H groups in total. The van der Waals surface area contributed by atoms with E-state index in [1.165, 1.54) is 18.5 Å². The predicted octanol–water partition coefficient (Wildman–Crippen LogP) is 4.05. The lowest BCUT2D eigenvalue weighted by Crippen LogP contribution is -2.49. The summed E-state index contributed by atoms with van der Waals surface area (Å²) in [6, 6.07) is 8.05. The summed E-state index contributed by atoms with van der Waals surface area (Å²) in [6.45, 7) is 12.2. The van der Waals surface area contributed by atoms with Crippen LogP contribution in [0.1, 0.15) is 40.0 Å². The third kappa shape index (κ3) is 3.69. The first-order chi connectivity index (χ1) is 13.3. The van der Waals surface area contributed by atoms with Crippen molar-refractivity contribution in [2.45, 2.75) is 52.2 Å². The molecule has 1 aromatic rings. The number of rotatable bonds is 6. The Hall–Kier alpha value is -0.810. The number of fused-ring (bicyclic) bond motifs is 2. The molecule has 4 unspecified atom stereocenters. The number of piperazine rings is 1. The highest BCUT2D eigenvalue weighted by Crippen LogP contribution is 2.66. The lowest BCUT2D eigenvalue weighted by atomic mass is 9.70. The van der Waals surface area contributed by atoms with Crippen molar-refractivity contribution in [1.29, 1.82) is 0 Å². The van der Waals surface area contributed by atoms with E-state index in [-0.39, 0.29) is 5.41 Å². The lowest BCUT2D eigenvalue weighted by Gasteiger charge is -2.39. The van der Waals surface area contributed by atoms with E-state index in [0.717, 1.165) is 43.5 Å². The van der Waals surface area contributed by atoms with E-state index < -0.39 is 6.10 Å². The highest BCUT2D eigenvalue weighted by atomic mass is 35.5. The molecule has 0 radical (unpaired) electrons. The van der Waals surface area contributed by atoms with E-state index >= 15 is 0 Å². The molecule has 156 valence electrons. The molecule has 3 fully saturated rings. The number of hydrogen-bond donors (Lipinski definition) is 1. The second kappa shape index (κ2) is 7.79. The molecule has 2 aliphatic carbocycles. The van der Waals surface area contributed by atoms with Gasteiger partial charge < -0.3 is 14.7 Å². The Kier molecular flexibility index (Phi) is 5.69. The van der Waals surface area contributed by atoms with Crippen LogP contribution in [-0.4, -0.2) is 61.5 Å². The van der Waals surface area contributed by atoms with Crippen molar-refractivity contribution in [1.82, 2.24) is 4.90 Å². The van der Waals surface area contributed by atoms with E-state index in [1.54, 1.807) is 0 Å². The van der Waals surface area contributed by atoms with E-state index in [2.05, 4.69) is 36.6 Å². The van der Waals surface area contributed by atoms with Crippen LogP contribution in [0.2, 0.25) is 5.02 Å². The van der Waals surface area contributed by atoms with Crippen LogP contribution in [-0.2, 0) is 4.74 Å². The first-order valence-corrected chi connectivity index (χ1v) is 11.2. The Balaban J connectivity index is 1.22. The number of ether oxygens (including phenoxy) is 1. The normalized spacial score (nSPS) is 33.4. The average Bonchev–Trinajstić information content (AvgIpc) is 3.00. The third-order valence-corrected chi connectivity index (χ3v) is 8.45. The molecule has 1 heterocycles. The molecule has 28 heavy (non-hydrogen) atoms. The number of anilines is 1. The molecule has 1 aromatic carbocycles. The van der Waals surface area contributed by atoms with Gasteiger partial charge in [-0.1, -0.05) is 38.4 Å². The number of benzene rings is 1. The highest BCUT2D eigenvalue weighted by Gasteiger charge is 2.61. The van der Waals surface area contributed by atoms with Gasteiger partial charge in [-0.2, -0.15) is 0 Å². The molecule has 4 nitrogen and oxygen atoms in total. The minimum Gasteiger partial charge on any atom is -0.389 e. The molecule has 0 spiro atoms. The van der Waals surface area contributed by atoms with Crippen LogP contribution in [0.25, 0.3) is 0 Å². The molecule has 1 saturated heterocycles. The van der Waals surface area contributed by atoms with Gasteiger partial charge in [0.2, 0.25) is 0 Å². The van der Waals surface area contributed by atoms with Crippen LogP contribution in [0.5, 0.6) is 0 Å². The zero-order valence-electron chi connectivity index (χ0n) is 17.5. The van der Waals surface area contributed by atoms with Gasteiger partial charge in [-0.05, 0) is 54.2 Å². The van der Waals surface area contributed by atoms with Crippen LogP contribution in [0.15, 0.2) is 24.3 Å². The van der Waals surface area contributed by atoms with E-state index in [1.807, 2.05) is 18.2 Å². The first kappa shape index (κ1) is 20.5. The summed E-state index contributed by atoms with van der Waals surface area (Å²) < 4.78 is 6.28. The van der Waals surface area contributed by atoms with Gasteiger partial charge in [-0.15, -0.1) is 0 Å². The SMILES string of the molecule is CC1(C)C2CCC1(C)C(OCC(O)CN1CCN(c3cccc(Cl)c3)CC1)C2. The van der Waals surface area contributed by atoms with Gasteiger partial charge in [0.25, 0.3) is 0 Å². The number of aliphatic hydroxyl groups is 1. The summed E-state index contributed by atoms with van der Waals surface area (Å²) in [6.07, 6.45) is 3.65. The molecule has 5 heteroatoms. The van der Waals surface area contributed by atoms with Crippen LogP contribution in [0.4, 0.5) is 5.69 Å². The molecule has 3 aliphatic rings. The van der Waals surface area contributed by atoms with Gasteiger partial charge in [-0.25, -0.2) is 0 Å². The Morgan fingerprint density at radius 1 is 1.21 bits per heavy atom. The maximum atomic E-state index is 10.6. The lowest BCUT2D eigenvalue weighted by molar-refractivity contribution is -0.0794. The van der Waals surface area contributed by atoms with Crippen molar-refractivity contribution < 1.29 is 9.84 Å². The van der Waals surface area contributed by atoms with Gasteiger partial charge in [0.1, 0.15) is 0 Å². The van der Waals surface area contributed by atoms with E-state index in [9.17, 15) is 5.11 Å². The molecule has 0 aromatic heterocycles. The Morgan fingerprint density at radius 3 is 2.57 bits per heavy atom. The number of halogens is 1. The standard InChI is InChI=1S/C23H35ClN2O2/c1-22(2)17-7-8-23(22,3)21(13-17)28-16-20(27)15-25-9-11-26(12-10-25)19-6-4-5-18(24)14-19/h4-6,14,17,20-21,27H,7-13,15-16H2,1-3H3. The van der Waals surface area contributed by atoms with E-state index in [0.29, 0.717) is 24.7 Å². The minimum atomic E-state index is -0.413. The van der Waals surface area contributed by atoms with Crippen molar-refractivity contribution in [3.8, 4) is 0 Å². The largest absolute Gasteiger partial charge is 0.389 e. The fourth-order valence-corrected chi connectivity index (χ4v) is 6.01. The molecule has 2 saturated carbocycles. The van der Waals surface area contributed by atoms with Gasteiger partial charge in [0, 0.05) is 43.4 Å². The fraction of sp³-hybridized carbons (Fsp3) is 0.739. The zero-order chi connectivity index (χ0) is 19.9. The van der Waals surface area contributed by atoms with Crippen LogP contribution >= 0.6 is 11.6 Å². The van der Waals surface area contributed by atoms with Crippen molar-refractivity contribution in [3.63, 3.8) is 0 Å².